The van der Waals surface area contributed by atoms with Crippen LogP contribution in [0.3, 0.4) is 0 Å². The smallest absolute Gasteiger partial charge is 0.173 e. The monoisotopic (exact) mass is 335 g/mol. The van der Waals surface area contributed by atoms with Gasteiger partial charge in [0.1, 0.15) is 6.67 Å². The Labute approximate surface area is 149 Å². The summed E-state index contributed by atoms with van der Waals surface area (Å²) in [4.78, 5) is 7.32. The lowest BCUT2D eigenvalue weighted by molar-refractivity contribution is 0.183. The van der Waals surface area contributed by atoms with Crippen LogP contribution in [0.2, 0.25) is 0 Å². The molecule has 4 aliphatic rings. The summed E-state index contributed by atoms with van der Waals surface area (Å²) >= 11 is 0. The standard InChI is InChI=1S/C20H25N5/c1-23(2)12-19-20-22-21-13-24(20)17-10-6-4-8-15(17)18-11-14-7-3-5-9-16(14)25(18)19/h3-7,9,15,17-18H,8,10-13H2,1-2H3. The lowest BCUT2D eigenvalue weighted by Crippen LogP contribution is -2.46. The maximum absolute atomic E-state index is 4.61. The van der Waals surface area contributed by atoms with Crippen molar-refractivity contribution in [3.8, 4) is 0 Å². The van der Waals surface area contributed by atoms with E-state index >= 15 is 0 Å². The molecule has 5 rings (SSSR count). The molecule has 5 heteroatoms. The number of nitrogens with zero attached hydrogens (tertiary/aromatic N) is 5. The first kappa shape index (κ1) is 15.1. The fourth-order valence-corrected chi connectivity index (χ4v) is 5.03. The van der Waals surface area contributed by atoms with Crippen molar-refractivity contribution in [1.82, 2.24) is 9.80 Å². The van der Waals surface area contributed by atoms with Gasteiger partial charge in [0.2, 0.25) is 0 Å². The molecule has 0 aromatic heterocycles. The molecular formula is C20H25N5. The highest BCUT2D eigenvalue weighted by Crippen LogP contribution is 2.46. The zero-order chi connectivity index (χ0) is 17.0. The summed E-state index contributed by atoms with van der Waals surface area (Å²) in [5.41, 5.74) is 4.16. The van der Waals surface area contributed by atoms with Crippen LogP contribution in [-0.2, 0) is 6.42 Å². The number of rotatable bonds is 2. The van der Waals surface area contributed by atoms with Crippen LogP contribution in [0, 0.1) is 5.92 Å². The van der Waals surface area contributed by atoms with Crippen molar-refractivity contribution in [2.45, 2.75) is 31.3 Å². The fourth-order valence-electron chi connectivity index (χ4n) is 5.03. The van der Waals surface area contributed by atoms with Crippen LogP contribution < -0.4 is 4.90 Å². The molecule has 3 aliphatic heterocycles. The molecular weight excluding hydrogens is 310 g/mol. The third kappa shape index (κ3) is 2.25. The van der Waals surface area contributed by atoms with Crippen molar-refractivity contribution in [1.29, 1.82) is 0 Å². The molecule has 1 aromatic carbocycles. The molecule has 3 unspecified atom stereocenters. The van der Waals surface area contributed by atoms with Gasteiger partial charge in [0, 0.05) is 30.2 Å². The van der Waals surface area contributed by atoms with Gasteiger partial charge in [0.25, 0.3) is 0 Å². The van der Waals surface area contributed by atoms with Crippen molar-refractivity contribution in [3.05, 3.63) is 53.5 Å². The summed E-state index contributed by atoms with van der Waals surface area (Å²) in [6.45, 7) is 1.60. The van der Waals surface area contributed by atoms with Crippen LogP contribution in [0.1, 0.15) is 18.4 Å². The zero-order valence-corrected chi connectivity index (χ0v) is 15.0. The first-order chi connectivity index (χ1) is 12.2. The van der Waals surface area contributed by atoms with E-state index in [1.165, 1.54) is 16.9 Å². The highest BCUT2D eigenvalue weighted by molar-refractivity contribution is 5.65. The first-order valence-electron chi connectivity index (χ1n) is 9.28. The molecule has 25 heavy (non-hydrogen) atoms. The van der Waals surface area contributed by atoms with Gasteiger partial charge in [-0.25, -0.2) is 0 Å². The largest absolute Gasteiger partial charge is 0.337 e. The second-order valence-electron chi connectivity index (χ2n) is 7.80. The van der Waals surface area contributed by atoms with Gasteiger partial charge in [0.15, 0.2) is 5.82 Å². The predicted molar refractivity (Wildman–Crippen MR) is 99.2 cm³/mol. The topological polar surface area (TPSA) is 34.4 Å². The Morgan fingerprint density at radius 2 is 1.96 bits per heavy atom. The molecule has 0 bridgehead atoms. The normalized spacial score (nSPS) is 29.6. The number of para-hydroxylation sites is 1. The summed E-state index contributed by atoms with van der Waals surface area (Å²) in [5.74, 6) is 1.72. The number of likely N-dealkylation sites (N-methyl/N-ethyl adjacent to an activating group) is 1. The Morgan fingerprint density at radius 3 is 2.84 bits per heavy atom. The first-order valence-corrected chi connectivity index (χ1v) is 9.28. The van der Waals surface area contributed by atoms with E-state index in [9.17, 15) is 0 Å². The Morgan fingerprint density at radius 1 is 1.12 bits per heavy atom. The van der Waals surface area contributed by atoms with Gasteiger partial charge in [-0.15, -0.1) is 5.11 Å². The van der Waals surface area contributed by atoms with Crippen LogP contribution in [0.15, 0.2) is 58.2 Å². The number of anilines is 1. The van der Waals surface area contributed by atoms with Crippen molar-refractivity contribution in [2.75, 3.05) is 32.2 Å². The maximum atomic E-state index is 4.61. The maximum Gasteiger partial charge on any atom is 0.173 e. The van der Waals surface area contributed by atoms with E-state index in [0.717, 1.165) is 31.6 Å². The molecule has 3 heterocycles. The predicted octanol–water partition coefficient (Wildman–Crippen LogP) is 3.22. The molecule has 1 aromatic rings. The Kier molecular flexibility index (Phi) is 3.45. The Bertz CT molecular complexity index is 778. The minimum atomic E-state index is 0.511. The molecule has 1 aliphatic carbocycles. The van der Waals surface area contributed by atoms with E-state index in [1.54, 1.807) is 0 Å². The second-order valence-corrected chi connectivity index (χ2v) is 7.80. The Balaban J connectivity index is 1.70. The van der Waals surface area contributed by atoms with Gasteiger partial charge in [-0.2, -0.15) is 5.11 Å². The molecule has 0 spiro atoms. The molecule has 0 fully saturated rings. The molecule has 5 nitrogen and oxygen atoms in total. The molecule has 0 saturated carbocycles. The summed E-state index contributed by atoms with van der Waals surface area (Å²) in [5, 5.41) is 9.03. The number of azo groups is 1. The van der Waals surface area contributed by atoms with Crippen molar-refractivity contribution in [3.63, 3.8) is 0 Å². The lowest BCUT2D eigenvalue weighted by atomic mass is 9.81. The van der Waals surface area contributed by atoms with Gasteiger partial charge in [-0.05, 0) is 45.0 Å². The number of hydrogen-bond acceptors (Lipinski definition) is 5. The fraction of sp³-hybridized carbons (Fsp3) is 0.500. The highest BCUT2D eigenvalue weighted by atomic mass is 15.5. The van der Waals surface area contributed by atoms with E-state index in [4.69, 9.17) is 0 Å². The summed E-state index contributed by atoms with van der Waals surface area (Å²) in [6.07, 6.45) is 8.12. The van der Waals surface area contributed by atoms with Crippen molar-refractivity contribution >= 4 is 5.69 Å². The molecule has 0 radical (unpaired) electrons. The molecule has 0 N–H and O–H groups in total. The average molecular weight is 335 g/mol. The summed E-state index contributed by atoms with van der Waals surface area (Å²) in [7, 11) is 4.28. The van der Waals surface area contributed by atoms with Gasteiger partial charge in [0.05, 0.1) is 5.70 Å². The zero-order valence-electron chi connectivity index (χ0n) is 15.0. The van der Waals surface area contributed by atoms with Gasteiger partial charge in [-0.3, -0.25) is 0 Å². The van der Waals surface area contributed by atoms with Crippen LogP contribution >= 0.6 is 0 Å². The van der Waals surface area contributed by atoms with Crippen LogP contribution in [0.25, 0.3) is 0 Å². The van der Waals surface area contributed by atoms with Crippen LogP contribution in [0.4, 0.5) is 5.69 Å². The van der Waals surface area contributed by atoms with E-state index < -0.39 is 0 Å². The van der Waals surface area contributed by atoms with E-state index in [0.29, 0.717) is 24.7 Å². The van der Waals surface area contributed by atoms with Crippen molar-refractivity contribution < 1.29 is 0 Å². The van der Waals surface area contributed by atoms with Gasteiger partial charge < -0.3 is 14.7 Å². The second kappa shape index (κ2) is 5.70. The van der Waals surface area contributed by atoms with Crippen LogP contribution in [-0.4, -0.2) is 49.2 Å². The van der Waals surface area contributed by atoms with E-state index in [-0.39, 0.29) is 0 Å². The van der Waals surface area contributed by atoms with Gasteiger partial charge in [-0.1, -0.05) is 30.4 Å². The van der Waals surface area contributed by atoms with E-state index in [1.807, 2.05) is 0 Å². The van der Waals surface area contributed by atoms with Crippen LogP contribution in [0.5, 0.6) is 0 Å². The molecule has 0 saturated heterocycles. The lowest BCUT2D eigenvalue weighted by Gasteiger charge is -2.38. The third-order valence-corrected chi connectivity index (χ3v) is 6.02. The number of allylic oxidation sites excluding steroid dienone is 1. The summed E-state index contributed by atoms with van der Waals surface area (Å²) in [6, 6.07) is 9.94. The Hall–Kier alpha value is -2.14. The molecule has 0 amide bonds. The molecule has 130 valence electrons. The average Bonchev–Trinajstić information content (AvgIpc) is 3.22. The third-order valence-electron chi connectivity index (χ3n) is 6.02. The summed E-state index contributed by atoms with van der Waals surface area (Å²) < 4.78 is 0. The minimum absolute atomic E-state index is 0.511. The number of benzene rings is 1. The highest BCUT2D eigenvalue weighted by Gasteiger charge is 2.47. The quantitative estimate of drug-likeness (QED) is 0.778. The van der Waals surface area contributed by atoms with Crippen molar-refractivity contribution in [2.24, 2.45) is 16.1 Å². The van der Waals surface area contributed by atoms with E-state index in [2.05, 4.69) is 75.4 Å². The minimum Gasteiger partial charge on any atom is -0.337 e. The number of hydrogen-bond donors (Lipinski definition) is 0. The SMILES string of the molecule is CN(C)CC1=C2N=NCN2C2CC=CCC2C2Cc3ccccc3N12. The van der Waals surface area contributed by atoms with Gasteiger partial charge >= 0.3 is 0 Å². The number of fused-ring (bicyclic) bond motifs is 7. The molecule has 3 atom stereocenters.